The quantitative estimate of drug-likeness (QED) is 0.133. The molecular formula is C29H60ClNO. The molecule has 1 aliphatic rings. The fraction of sp³-hybridized carbons (Fsp3) is 1.00. The number of rotatable bonds is 24. The van der Waals surface area contributed by atoms with E-state index < -0.39 is 0 Å². The Balaban J connectivity index is 0.00000961. The number of hydrogen-bond donors (Lipinski definition) is 1. The van der Waals surface area contributed by atoms with Crippen LogP contribution in [0.25, 0.3) is 0 Å². The summed E-state index contributed by atoms with van der Waals surface area (Å²) in [6.45, 7) is 6.90. The third-order valence-corrected chi connectivity index (χ3v) is 7.87. The van der Waals surface area contributed by atoms with Crippen LogP contribution in [0.3, 0.4) is 0 Å². The summed E-state index contributed by atoms with van der Waals surface area (Å²) in [6, 6.07) is 0. The molecule has 2 unspecified atom stereocenters. The van der Waals surface area contributed by atoms with E-state index in [4.69, 9.17) is 4.74 Å². The Hall–Kier alpha value is 0.210. The van der Waals surface area contributed by atoms with Gasteiger partial charge >= 0.3 is 0 Å². The first-order chi connectivity index (χ1) is 15.1. The van der Waals surface area contributed by atoms with Gasteiger partial charge < -0.3 is 22.9 Å². The average molecular weight is 474 g/mol. The molecular weight excluding hydrogens is 414 g/mol. The maximum Gasteiger partial charge on any atom is 0.229 e. The van der Waals surface area contributed by atoms with Crippen LogP contribution in [0.4, 0.5) is 0 Å². The SMILES string of the molecule is CCCCCCCCCCCCCC1([NH3+])OC1(CC)CCCCCCCCCCCC.[Cl-]. The fourth-order valence-electron chi connectivity index (χ4n) is 5.45. The van der Waals surface area contributed by atoms with E-state index in [9.17, 15) is 0 Å². The third-order valence-electron chi connectivity index (χ3n) is 7.87. The van der Waals surface area contributed by atoms with E-state index in [0.29, 0.717) is 0 Å². The van der Waals surface area contributed by atoms with E-state index in [1.807, 2.05) is 0 Å². The largest absolute Gasteiger partial charge is 1.00 e. The molecule has 0 saturated carbocycles. The molecule has 1 fully saturated rings. The Labute approximate surface area is 209 Å². The maximum atomic E-state index is 6.30. The summed E-state index contributed by atoms with van der Waals surface area (Å²) in [6.07, 6.45) is 33.2. The number of ether oxygens (including phenoxy) is 1. The van der Waals surface area contributed by atoms with Crippen LogP contribution in [-0.2, 0) is 4.74 Å². The highest BCUT2D eigenvalue weighted by atomic mass is 35.5. The van der Waals surface area contributed by atoms with E-state index in [-0.39, 0.29) is 23.7 Å². The van der Waals surface area contributed by atoms with Gasteiger partial charge in [-0.05, 0) is 19.3 Å². The molecule has 2 nitrogen and oxygen atoms in total. The van der Waals surface area contributed by atoms with Crippen molar-refractivity contribution in [1.82, 2.24) is 0 Å². The summed E-state index contributed by atoms with van der Waals surface area (Å²) < 4.78 is 6.30. The number of halogens is 1. The number of unbranched alkanes of at least 4 members (excludes halogenated alkanes) is 19. The van der Waals surface area contributed by atoms with Crippen LogP contribution >= 0.6 is 0 Å². The van der Waals surface area contributed by atoms with Gasteiger partial charge in [0.2, 0.25) is 5.72 Å². The monoisotopic (exact) mass is 473 g/mol. The van der Waals surface area contributed by atoms with Crippen molar-refractivity contribution in [2.75, 3.05) is 0 Å². The summed E-state index contributed by atoms with van der Waals surface area (Å²) in [5.41, 5.74) is 4.59. The van der Waals surface area contributed by atoms with E-state index in [1.54, 1.807) is 0 Å². The van der Waals surface area contributed by atoms with Gasteiger partial charge in [-0.3, -0.25) is 0 Å². The third kappa shape index (κ3) is 13.8. The zero-order valence-corrected chi connectivity index (χ0v) is 23.2. The molecule has 32 heavy (non-hydrogen) atoms. The van der Waals surface area contributed by atoms with Crippen LogP contribution in [0.5, 0.6) is 0 Å². The molecule has 0 aromatic carbocycles. The van der Waals surface area contributed by atoms with Crippen molar-refractivity contribution < 1.29 is 22.9 Å². The van der Waals surface area contributed by atoms with Gasteiger partial charge in [0.15, 0.2) is 5.60 Å². The van der Waals surface area contributed by atoms with E-state index >= 15 is 0 Å². The topological polar surface area (TPSA) is 40.2 Å². The van der Waals surface area contributed by atoms with E-state index in [2.05, 4.69) is 26.5 Å². The van der Waals surface area contributed by atoms with Crippen LogP contribution in [-0.4, -0.2) is 11.3 Å². The summed E-state index contributed by atoms with van der Waals surface area (Å²) in [7, 11) is 0. The second-order valence-corrected chi connectivity index (χ2v) is 10.7. The molecule has 1 saturated heterocycles. The molecule has 0 aromatic heterocycles. The van der Waals surface area contributed by atoms with Crippen molar-refractivity contribution in [3.05, 3.63) is 0 Å². The standard InChI is InChI=1S/C29H59NO.ClH/c1-4-7-9-11-13-15-17-19-21-23-25-27-29(30)28(6-3,31-29)26-24-22-20-18-16-14-12-10-8-5-2;/h4-27,30H2,1-3H3;1H. The minimum Gasteiger partial charge on any atom is -1.00 e. The molecule has 1 rings (SSSR count). The van der Waals surface area contributed by atoms with Gasteiger partial charge in [0.1, 0.15) is 0 Å². The second kappa shape index (κ2) is 20.6. The van der Waals surface area contributed by atoms with Gasteiger partial charge in [-0.15, -0.1) is 0 Å². The lowest BCUT2D eigenvalue weighted by Gasteiger charge is -2.13. The lowest BCUT2D eigenvalue weighted by molar-refractivity contribution is -0.474. The Morgan fingerprint density at radius 1 is 0.469 bits per heavy atom. The first kappa shape index (κ1) is 32.2. The second-order valence-electron chi connectivity index (χ2n) is 10.7. The van der Waals surface area contributed by atoms with Crippen LogP contribution in [0.1, 0.15) is 175 Å². The van der Waals surface area contributed by atoms with Crippen molar-refractivity contribution in [3.8, 4) is 0 Å². The lowest BCUT2D eigenvalue weighted by Crippen LogP contribution is -3.00. The Morgan fingerprint density at radius 3 is 1.12 bits per heavy atom. The van der Waals surface area contributed by atoms with E-state index in [1.165, 1.54) is 148 Å². The molecule has 3 N–H and O–H groups in total. The molecule has 0 amide bonds. The zero-order valence-electron chi connectivity index (χ0n) is 22.5. The van der Waals surface area contributed by atoms with Gasteiger partial charge in [0.25, 0.3) is 0 Å². The number of epoxide rings is 1. The highest BCUT2D eigenvalue weighted by Gasteiger charge is 2.69. The lowest BCUT2D eigenvalue weighted by atomic mass is 9.88. The molecule has 2 atom stereocenters. The predicted molar refractivity (Wildman–Crippen MR) is 137 cm³/mol. The van der Waals surface area contributed by atoms with Crippen molar-refractivity contribution in [2.45, 2.75) is 186 Å². The molecule has 0 aliphatic carbocycles. The summed E-state index contributed by atoms with van der Waals surface area (Å²) in [5.74, 6) is 0. The highest BCUT2D eigenvalue weighted by Crippen LogP contribution is 2.51. The number of quaternary nitrogens is 1. The molecule has 0 spiro atoms. The zero-order chi connectivity index (χ0) is 22.7. The van der Waals surface area contributed by atoms with E-state index in [0.717, 1.165) is 6.42 Å². The molecule has 0 bridgehead atoms. The first-order valence-corrected chi connectivity index (χ1v) is 14.7. The summed E-state index contributed by atoms with van der Waals surface area (Å²) >= 11 is 0. The van der Waals surface area contributed by atoms with Gasteiger partial charge in [0.05, 0.1) is 0 Å². The first-order valence-electron chi connectivity index (χ1n) is 14.7. The molecule has 3 heteroatoms. The normalized spacial score (nSPS) is 22.1. The maximum absolute atomic E-state index is 6.30. The van der Waals surface area contributed by atoms with Gasteiger partial charge in [-0.2, -0.15) is 0 Å². The minimum atomic E-state index is -0.0553. The van der Waals surface area contributed by atoms with Crippen molar-refractivity contribution >= 4 is 0 Å². The summed E-state index contributed by atoms with van der Waals surface area (Å²) in [4.78, 5) is 0. The predicted octanol–water partition coefficient (Wildman–Crippen LogP) is 6.12. The Kier molecular flexibility index (Phi) is 20.7. The highest BCUT2D eigenvalue weighted by molar-refractivity contribution is 5.06. The van der Waals surface area contributed by atoms with Crippen LogP contribution in [0.15, 0.2) is 0 Å². The van der Waals surface area contributed by atoms with Crippen LogP contribution < -0.4 is 18.1 Å². The van der Waals surface area contributed by atoms with Crippen LogP contribution in [0.2, 0.25) is 0 Å². The molecule has 1 heterocycles. The molecule has 0 radical (unpaired) electrons. The molecule has 0 aromatic rings. The average Bonchev–Trinajstić information content (AvgIpc) is 3.37. The Morgan fingerprint density at radius 2 is 0.781 bits per heavy atom. The van der Waals surface area contributed by atoms with Gasteiger partial charge in [0, 0.05) is 6.42 Å². The van der Waals surface area contributed by atoms with Gasteiger partial charge in [-0.25, -0.2) is 0 Å². The minimum absolute atomic E-state index is 0. The summed E-state index contributed by atoms with van der Waals surface area (Å²) in [5, 5.41) is 0. The smallest absolute Gasteiger partial charge is 0.229 e. The van der Waals surface area contributed by atoms with Crippen molar-refractivity contribution in [1.29, 1.82) is 0 Å². The van der Waals surface area contributed by atoms with Crippen molar-refractivity contribution in [3.63, 3.8) is 0 Å². The van der Waals surface area contributed by atoms with Crippen LogP contribution in [0, 0.1) is 0 Å². The molecule has 1 aliphatic heterocycles. The van der Waals surface area contributed by atoms with Gasteiger partial charge in [-0.1, -0.05) is 149 Å². The molecule has 194 valence electrons. The van der Waals surface area contributed by atoms with Crippen molar-refractivity contribution in [2.24, 2.45) is 0 Å². The Bertz CT molecular complexity index is 405. The number of hydrogen-bond acceptors (Lipinski definition) is 1. The fourth-order valence-corrected chi connectivity index (χ4v) is 5.45.